The average molecular weight is 2000 g/mol. The number of aliphatic hydroxyl groups is 1. The quantitative estimate of drug-likeness (QED) is 0.0124. The fraction of sp³-hybridized carbons (Fsp3) is 0.417. The van der Waals surface area contributed by atoms with Crippen molar-refractivity contribution in [3.63, 3.8) is 0 Å². The van der Waals surface area contributed by atoms with E-state index in [2.05, 4.69) is 240 Å². The molecule has 26 heteroatoms. The summed E-state index contributed by atoms with van der Waals surface area (Å²) in [6.07, 6.45) is 13.6. The molecule has 2 unspecified atom stereocenters. The molecule has 0 radical (unpaired) electrons. The zero-order valence-electron chi connectivity index (χ0n) is 90.6. The van der Waals surface area contributed by atoms with Gasteiger partial charge in [-0.25, -0.2) is 9.59 Å². The first kappa shape index (κ1) is 119. The fourth-order valence-electron chi connectivity index (χ4n) is 16.9. The highest BCUT2D eigenvalue weighted by Gasteiger charge is 2.33. The third-order valence-corrected chi connectivity index (χ3v) is 23.0. The summed E-state index contributed by atoms with van der Waals surface area (Å²) in [5.41, 5.74) is 16.0. The zero-order valence-corrected chi connectivity index (χ0v) is 90.6. The van der Waals surface area contributed by atoms with Crippen LogP contribution in [0.4, 0.5) is 22.7 Å². The average Bonchev–Trinajstić information content (AvgIpc) is 0.765. The van der Waals surface area contributed by atoms with E-state index in [0.717, 1.165) is 127 Å². The van der Waals surface area contributed by atoms with Gasteiger partial charge < -0.3 is 88.0 Å². The van der Waals surface area contributed by atoms with Crippen LogP contribution in [0, 0.1) is 27.1 Å². The van der Waals surface area contributed by atoms with E-state index in [1.165, 1.54) is 57.1 Å². The number of anilines is 4. The van der Waals surface area contributed by atoms with Gasteiger partial charge in [0.05, 0.1) is 37.3 Å². The Morgan fingerprint density at radius 1 is 0.445 bits per heavy atom. The molecule has 5 heterocycles. The third kappa shape index (κ3) is 37.9. The number of aliphatic carboxylic acids is 4. The molecule has 0 bridgehead atoms. The van der Waals surface area contributed by atoms with Gasteiger partial charge in [-0.05, 0) is 271 Å². The monoisotopic (exact) mass is 2000 g/mol. The molecule has 26 nitrogen and oxygen atoms in total. The number of ketones is 2. The van der Waals surface area contributed by atoms with Gasteiger partial charge in [0.2, 0.25) is 5.91 Å². The van der Waals surface area contributed by atoms with Crippen molar-refractivity contribution in [3.8, 4) is 34.5 Å². The molecule has 1 aromatic heterocycles. The maximum Gasteiger partial charge on any atom is 0.343 e. The number of ether oxygens (including phenoxy) is 7. The fourth-order valence-corrected chi connectivity index (χ4v) is 16.9. The number of aliphatic hydroxyl groups excluding tert-OH is 1. The number of carbonyl (C=O) groups is 7. The molecule has 4 aliphatic rings. The minimum absolute atomic E-state index is 0.0814. The summed E-state index contributed by atoms with van der Waals surface area (Å²) in [5.74, 6) is 1.04. The molecule has 0 saturated heterocycles. The number of nitrogens with one attached hydrogen (secondary N) is 1. The summed E-state index contributed by atoms with van der Waals surface area (Å²) in [7, 11) is 1.55. The van der Waals surface area contributed by atoms with Crippen molar-refractivity contribution in [1.82, 2.24) is 5.32 Å². The maximum absolute atomic E-state index is 13.0. The van der Waals surface area contributed by atoms with E-state index in [4.69, 9.17) is 58.0 Å². The Morgan fingerprint density at radius 2 is 0.829 bits per heavy atom. The smallest absolute Gasteiger partial charge is 0.343 e. The molecule has 146 heavy (non-hydrogen) atoms. The Kier molecular flexibility index (Phi) is 42.9. The summed E-state index contributed by atoms with van der Waals surface area (Å²) >= 11 is 0. The van der Waals surface area contributed by atoms with Crippen molar-refractivity contribution in [2.75, 3.05) is 85.7 Å². The minimum atomic E-state index is -1.20. The van der Waals surface area contributed by atoms with Crippen LogP contribution < -0.4 is 59.0 Å². The van der Waals surface area contributed by atoms with Gasteiger partial charge in [0, 0.05) is 132 Å². The van der Waals surface area contributed by atoms with Crippen LogP contribution in [0.5, 0.6) is 34.5 Å². The second-order valence-corrected chi connectivity index (χ2v) is 43.4. The van der Waals surface area contributed by atoms with Crippen molar-refractivity contribution in [1.29, 1.82) is 0 Å². The van der Waals surface area contributed by atoms with Gasteiger partial charge in [-0.15, -0.1) is 0 Å². The van der Waals surface area contributed by atoms with Gasteiger partial charge >= 0.3 is 29.5 Å². The topological polar surface area (TPSA) is 340 Å². The molecule has 2 atom stereocenters. The Bertz CT molecular complexity index is 6090. The minimum Gasteiger partial charge on any atom is -0.497 e. The Morgan fingerprint density at radius 3 is 1.18 bits per heavy atom. The number of hydrogen-bond donors (Lipinski definition) is 6. The first-order chi connectivity index (χ1) is 68.2. The first-order valence-corrected chi connectivity index (χ1v) is 49.7. The van der Waals surface area contributed by atoms with Crippen molar-refractivity contribution >= 4 is 103 Å². The molecule has 0 spiro atoms. The highest BCUT2D eigenvalue weighted by Crippen LogP contribution is 2.47. The van der Waals surface area contributed by atoms with E-state index in [-0.39, 0.29) is 51.6 Å². The third-order valence-electron chi connectivity index (χ3n) is 23.0. The van der Waals surface area contributed by atoms with Gasteiger partial charge in [-0.2, -0.15) is 0 Å². The van der Waals surface area contributed by atoms with Crippen LogP contribution in [0.15, 0.2) is 228 Å². The number of allylic oxidation sites excluding steroid dienone is 8. The standard InChI is InChI=1S/C26H34N2O6.C20H24O4.C19H23NO5.2C19H27NO.C17H20O4/c1-7-28(8-2)17-9-10-18-20(15-26(4,5)6)19(25(33)34-22(18)13-17)11-12-23(30)27-21(16(3)29)14-24(31)32;1-20(2,3)24-19(18(22)15-8-6-5-7-9-15)16-10-14(13-21)11-17(12-16)23-4;1-12-7-13(9-19(2,3)4)15-6-5-14(8-16(15)25-12)20(10-17(21)22)11-18(23)24;2*1-7-20(8-2)16-9-10-17-15(13-19(4,5)6)11-14(3)21-18(17)12-16;1-11-7-12(9-17(2,3)4)14-6-5-13(8-15(14)21-11)20-10-16(18)19/h9-13,21H,7-8,14-15H2,1-6H3,(H,27,30)(H,31,32);5-12,19,21H,13H2,1-4H3;5-8H,1,9-11H2,2-4H3,(H,21,22)(H,23,24);2*9-12H,3,7-8,13H2,1-2,4-6H3;5-8H,1,9-10H2,2-4H3,(H,18,19)/b12-11+;;;;;. The second-order valence-electron chi connectivity index (χ2n) is 43.4. The lowest BCUT2D eigenvalue weighted by Crippen LogP contribution is -2.40. The number of benzene rings is 7. The van der Waals surface area contributed by atoms with Crippen molar-refractivity contribution in [3.05, 3.63) is 280 Å². The number of carboxylic acids is 4. The predicted octanol–water partition coefficient (Wildman–Crippen LogP) is 25.5. The van der Waals surface area contributed by atoms with Crippen LogP contribution in [0.2, 0.25) is 0 Å². The van der Waals surface area contributed by atoms with Gasteiger partial charge in [0.15, 0.2) is 18.2 Å². The van der Waals surface area contributed by atoms with Crippen molar-refractivity contribution < 1.29 is 96.7 Å². The summed E-state index contributed by atoms with van der Waals surface area (Å²) in [6, 6.07) is 42.6. The number of carboxylic acid groups (broad SMARTS) is 4. The molecule has 6 N–H and O–H groups in total. The largest absolute Gasteiger partial charge is 0.497 e. The van der Waals surface area contributed by atoms with Gasteiger partial charge in [0.25, 0.3) is 0 Å². The maximum atomic E-state index is 13.0. The molecule has 0 aliphatic carbocycles. The van der Waals surface area contributed by atoms with E-state index >= 15 is 0 Å². The van der Waals surface area contributed by atoms with Crippen molar-refractivity contribution in [2.45, 2.75) is 236 Å². The number of hydrogen-bond acceptors (Lipinski definition) is 21. The molecule has 4 aliphatic heterocycles. The van der Waals surface area contributed by atoms with Gasteiger partial charge in [-0.3, -0.25) is 28.8 Å². The molecule has 7 aromatic carbocycles. The molecule has 8 aromatic rings. The second kappa shape index (κ2) is 52.7. The highest BCUT2D eigenvalue weighted by atomic mass is 16.5. The number of Topliss-reactive ketones (excluding diaryl/α,β-unsaturated/α-hetero) is 2. The molecule has 786 valence electrons. The van der Waals surface area contributed by atoms with E-state index < -0.39 is 78.5 Å². The Hall–Kier alpha value is -14.0. The van der Waals surface area contributed by atoms with E-state index in [9.17, 15) is 43.5 Å². The number of rotatable bonds is 34. The molecule has 0 saturated carbocycles. The highest BCUT2D eigenvalue weighted by molar-refractivity contribution is 6.00. The predicted molar refractivity (Wildman–Crippen MR) is 587 cm³/mol. The van der Waals surface area contributed by atoms with E-state index in [1.54, 1.807) is 61.7 Å². The molecular formula is C120H155N5O21. The lowest BCUT2D eigenvalue weighted by atomic mass is 9.84. The lowest BCUT2D eigenvalue weighted by Gasteiger charge is -2.27. The Labute approximate surface area is 863 Å². The van der Waals surface area contributed by atoms with Crippen LogP contribution in [-0.2, 0) is 46.5 Å². The van der Waals surface area contributed by atoms with Gasteiger partial charge in [-0.1, -0.05) is 167 Å². The zero-order chi connectivity index (χ0) is 109. The summed E-state index contributed by atoms with van der Waals surface area (Å²) in [6.45, 7) is 72.5. The van der Waals surface area contributed by atoms with E-state index in [0.29, 0.717) is 68.9 Å². The van der Waals surface area contributed by atoms with E-state index in [1.807, 2.05) is 81.5 Å². The lowest BCUT2D eigenvalue weighted by molar-refractivity contribution is -0.140. The SMILES string of the molecule is C=C1C=C(CC(C)(C)C)c2ccc(N(CC(=O)O)CC(=O)O)cc2O1.C=C1C=C(CC(C)(C)C)c2ccc(N(CC)CC)cc2O1.C=C1C=C(CC(C)(C)C)c2ccc(N(CC)CC)cc2O1.C=C1C=C(CC(C)(C)C)c2ccc(OCC(=O)O)cc2O1.CCN(CC)c1ccc2c(CC(C)(C)C)c(/C=C/C(=O)NC(CC(=O)O)C(C)=O)c(=O)oc2c1.COc1cc(CO)cc(C(OC(C)(C)C)C(=O)c2ccccc2)c1. The number of amides is 1. The summed E-state index contributed by atoms with van der Waals surface area (Å²) < 4.78 is 45.2. The van der Waals surface area contributed by atoms with Crippen LogP contribution in [-0.4, -0.2) is 145 Å². The number of nitrogens with zero attached hydrogens (tertiary/aromatic N) is 4. The summed E-state index contributed by atoms with van der Waals surface area (Å²) in [4.78, 5) is 102. The van der Waals surface area contributed by atoms with Crippen molar-refractivity contribution in [2.24, 2.45) is 27.1 Å². The molecular weight excluding hydrogens is 1850 g/mol. The molecule has 1 amide bonds. The number of carbonyl (C=O) groups excluding carboxylic acids is 3. The Balaban J connectivity index is 0.000000239. The normalized spacial score (nSPS) is 13.5. The van der Waals surface area contributed by atoms with Crippen LogP contribution >= 0.6 is 0 Å². The van der Waals surface area contributed by atoms with Crippen LogP contribution in [0.1, 0.15) is 266 Å². The van der Waals surface area contributed by atoms with Crippen LogP contribution in [0.25, 0.3) is 39.3 Å². The number of fused-ring (bicyclic) bond motifs is 5. The first-order valence-electron chi connectivity index (χ1n) is 49.7. The van der Waals surface area contributed by atoms with Gasteiger partial charge in [0.1, 0.15) is 82.3 Å². The molecule has 0 fully saturated rings. The summed E-state index contributed by atoms with van der Waals surface area (Å²) in [5, 5.41) is 48.3. The number of methoxy groups -OCH3 is 1. The van der Waals surface area contributed by atoms with Crippen LogP contribution in [0.3, 0.4) is 0 Å². The molecule has 12 rings (SSSR count).